The quantitative estimate of drug-likeness (QED) is 0.689. The van der Waals surface area contributed by atoms with E-state index in [1.54, 1.807) is 11.3 Å². The normalized spacial score (nSPS) is 10.7. The number of hydrogen-bond donors (Lipinski definition) is 1. The molecule has 0 aliphatic heterocycles. The first-order valence-corrected chi connectivity index (χ1v) is 8.82. The van der Waals surface area contributed by atoms with Crippen molar-refractivity contribution < 1.29 is 9.21 Å². The molecule has 23 heavy (non-hydrogen) atoms. The van der Waals surface area contributed by atoms with Crippen LogP contribution >= 0.6 is 27.3 Å². The van der Waals surface area contributed by atoms with Crippen molar-refractivity contribution in [3.63, 3.8) is 0 Å². The standard InChI is InChI=1S/C17H15BrN2O2S/c18-15-7-6-14(23-15)8-9-19-16(21)10-13-11-22-17(20-13)12-4-2-1-3-5-12/h1-7,11H,8-10H2,(H,19,21). The van der Waals surface area contributed by atoms with Gasteiger partial charge in [0.25, 0.3) is 0 Å². The van der Waals surface area contributed by atoms with E-state index in [1.165, 1.54) is 11.1 Å². The Morgan fingerprint density at radius 2 is 2.04 bits per heavy atom. The highest BCUT2D eigenvalue weighted by Crippen LogP contribution is 2.22. The molecule has 1 amide bonds. The molecule has 0 aliphatic rings. The third-order valence-corrected chi connectivity index (χ3v) is 4.92. The molecule has 0 saturated carbocycles. The summed E-state index contributed by atoms with van der Waals surface area (Å²) in [6.07, 6.45) is 2.60. The molecule has 6 heteroatoms. The zero-order chi connectivity index (χ0) is 16.1. The minimum Gasteiger partial charge on any atom is -0.444 e. The van der Waals surface area contributed by atoms with Crippen LogP contribution in [-0.2, 0) is 17.6 Å². The van der Waals surface area contributed by atoms with Crippen LogP contribution in [0.15, 0.2) is 56.9 Å². The number of nitrogens with one attached hydrogen (secondary N) is 1. The molecule has 0 bridgehead atoms. The Morgan fingerprint density at radius 3 is 2.78 bits per heavy atom. The zero-order valence-corrected chi connectivity index (χ0v) is 14.7. The van der Waals surface area contributed by atoms with E-state index in [-0.39, 0.29) is 12.3 Å². The Hall–Kier alpha value is -1.92. The highest BCUT2D eigenvalue weighted by atomic mass is 79.9. The van der Waals surface area contributed by atoms with E-state index in [0.717, 1.165) is 15.8 Å². The second kappa shape index (κ2) is 7.57. The predicted octanol–water partition coefficient (Wildman–Crippen LogP) is 4.07. The van der Waals surface area contributed by atoms with Crippen molar-refractivity contribution in [1.29, 1.82) is 0 Å². The van der Waals surface area contributed by atoms with E-state index in [1.807, 2.05) is 36.4 Å². The predicted molar refractivity (Wildman–Crippen MR) is 94.4 cm³/mol. The largest absolute Gasteiger partial charge is 0.444 e. The molecule has 3 aromatic rings. The van der Waals surface area contributed by atoms with E-state index in [0.29, 0.717) is 18.1 Å². The molecule has 2 heterocycles. The van der Waals surface area contributed by atoms with Crippen molar-refractivity contribution in [1.82, 2.24) is 10.3 Å². The molecule has 118 valence electrons. The molecule has 0 unspecified atom stereocenters. The molecular weight excluding hydrogens is 376 g/mol. The number of halogens is 1. The summed E-state index contributed by atoms with van der Waals surface area (Å²) in [4.78, 5) is 17.6. The highest BCUT2D eigenvalue weighted by Gasteiger charge is 2.10. The van der Waals surface area contributed by atoms with Gasteiger partial charge in [0.1, 0.15) is 6.26 Å². The van der Waals surface area contributed by atoms with Crippen molar-refractivity contribution >= 4 is 33.2 Å². The fraction of sp³-hybridized carbons (Fsp3) is 0.176. The minimum atomic E-state index is -0.0477. The number of nitrogens with zero attached hydrogens (tertiary/aromatic N) is 1. The van der Waals surface area contributed by atoms with Gasteiger partial charge in [-0.05, 0) is 46.6 Å². The molecule has 2 aromatic heterocycles. The van der Waals surface area contributed by atoms with Gasteiger partial charge < -0.3 is 9.73 Å². The molecule has 0 saturated heterocycles. The first-order valence-electron chi connectivity index (χ1n) is 7.21. The molecule has 3 rings (SSSR count). The molecule has 0 aliphatic carbocycles. The van der Waals surface area contributed by atoms with Crippen LogP contribution in [-0.4, -0.2) is 17.4 Å². The van der Waals surface area contributed by atoms with Crippen LogP contribution in [0.25, 0.3) is 11.5 Å². The van der Waals surface area contributed by atoms with Crippen LogP contribution in [0.3, 0.4) is 0 Å². The van der Waals surface area contributed by atoms with Gasteiger partial charge in [0, 0.05) is 17.0 Å². The average molecular weight is 391 g/mol. The number of thiophene rings is 1. The Kier molecular flexibility index (Phi) is 5.25. The monoisotopic (exact) mass is 390 g/mol. The van der Waals surface area contributed by atoms with Crippen molar-refractivity contribution in [3.05, 3.63) is 63.1 Å². The van der Waals surface area contributed by atoms with Gasteiger partial charge in [-0.15, -0.1) is 11.3 Å². The molecule has 0 fully saturated rings. The lowest BCUT2D eigenvalue weighted by atomic mass is 10.2. The number of rotatable bonds is 6. The average Bonchev–Trinajstić information content (AvgIpc) is 3.17. The first kappa shape index (κ1) is 16.0. The second-order valence-corrected chi connectivity index (χ2v) is 7.54. The first-order chi connectivity index (χ1) is 11.2. The van der Waals surface area contributed by atoms with Crippen LogP contribution in [0.4, 0.5) is 0 Å². The maximum atomic E-state index is 12.0. The van der Waals surface area contributed by atoms with Gasteiger partial charge in [0.05, 0.1) is 15.9 Å². The summed E-state index contributed by atoms with van der Waals surface area (Å²) in [5.74, 6) is 0.491. The highest BCUT2D eigenvalue weighted by molar-refractivity contribution is 9.11. The van der Waals surface area contributed by atoms with Crippen molar-refractivity contribution in [2.75, 3.05) is 6.54 Å². The number of oxazole rings is 1. The second-order valence-electron chi connectivity index (χ2n) is 4.99. The maximum Gasteiger partial charge on any atom is 0.226 e. The molecule has 1 N–H and O–H groups in total. The summed E-state index contributed by atoms with van der Waals surface area (Å²) < 4.78 is 6.54. The molecule has 0 spiro atoms. The van der Waals surface area contributed by atoms with Gasteiger partial charge in [-0.3, -0.25) is 4.79 Å². The van der Waals surface area contributed by atoms with Crippen LogP contribution in [0, 0.1) is 0 Å². The summed E-state index contributed by atoms with van der Waals surface area (Å²) in [6, 6.07) is 13.7. The summed E-state index contributed by atoms with van der Waals surface area (Å²) >= 11 is 5.11. The van der Waals surface area contributed by atoms with Crippen molar-refractivity contribution in [3.8, 4) is 11.5 Å². The van der Waals surface area contributed by atoms with E-state index in [9.17, 15) is 4.79 Å². The van der Waals surface area contributed by atoms with E-state index < -0.39 is 0 Å². The SMILES string of the molecule is O=C(Cc1coc(-c2ccccc2)n1)NCCc1ccc(Br)s1. The maximum absolute atomic E-state index is 12.0. The number of carbonyl (C=O) groups is 1. The van der Waals surface area contributed by atoms with Gasteiger partial charge >= 0.3 is 0 Å². The number of benzene rings is 1. The molecule has 0 radical (unpaired) electrons. The lowest BCUT2D eigenvalue weighted by Gasteiger charge is -2.02. The fourth-order valence-corrected chi connectivity index (χ4v) is 3.62. The van der Waals surface area contributed by atoms with Crippen LogP contribution in [0.5, 0.6) is 0 Å². The van der Waals surface area contributed by atoms with Gasteiger partial charge in [0.15, 0.2) is 0 Å². The van der Waals surface area contributed by atoms with Crippen molar-refractivity contribution in [2.24, 2.45) is 0 Å². The lowest BCUT2D eigenvalue weighted by molar-refractivity contribution is -0.120. The number of hydrogen-bond acceptors (Lipinski definition) is 4. The van der Waals surface area contributed by atoms with Gasteiger partial charge in [-0.2, -0.15) is 0 Å². The van der Waals surface area contributed by atoms with Crippen LogP contribution in [0.2, 0.25) is 0 Å². The van der Waals surface area contributed by atoms with E-state index in [2.05, 4.69) is 32.3 Å². The van der Waals surface area contributed by atoms with Crippen LogP contribution < -0.4 is 5.32 Å². The zero-order valence-electron chi connectivity index (χ0n) is 12.3. The van der Waals surface area contributed by atoms with E-state index in [4.69, 9.17) is 4.42 Å². The smallest absolute Gasteiger partial charge is 0.226 e. The van der Waals surface area contributed by atoms with Gasteiger partial charge in [0.2, 0.25) is 11.8 Å². The van der Waals surface area contributed by atoms with Crippen molar-refractivity contribution in [2.45, 2.75) is 12.8 Å². The van der Waals surface area contributed by atoms with Crippen LogP contribution in [0.1, 0.15) is 10.6 Å². The Bertz CT molecular complexity index is 783. The summed E-state index contributed by atoms with van der Waals surface area (Å²) in [7, 11) is 0. The molecule has 1 aromatic carbocycles. The third kappa shape index (κ3) is 4.53. The topological polar surface area (TPSA) is 55.1 Å². The minimum absolute atomic E-state index is 0.0477. The summed E-state index contributed by atoms with van der Waals surface area (Å²) in [5.41, 5.74) is 1.54. The number of amides is 1. The Morgan fingerprint density at radius 1 is 1.22 bits per heavy atom. The molecule has 4 nitrogen and oxygen atoms in total. The third-order valence-electron chi connectivity index (χ3n) is 3.24. The number of carbonyl (C=O) groups excluding carboxylic acids is 1. The Labute approximate surface area is 146 Å². The van der Waals surface area contributed by atoms with Gasteiger partial charge in [-0.1, -0.05) is 18.2 Å². The van der Waals surface area contributed by atoms with E-state index >= 15 is 0 Å². The molecule has 0 atom stereocenters. The summed E-state index contributed by atoms with van der Waals surface area (Å²) in [6.45, 7) is 0.620. The molecular formula is C17H15BrN2O2S. The van der Waals surface area contributed by atoms with Gasteiger partial charge in [-0.25, -0.2) is 4.98 Å². The number of aromatic nitrogens is 1. The summed E-state index contributed by atoms with van der Waals surface area (Å²) in [5, 5.41) is 2.91. The lowest BCUT2D eigenvalue weighted by Crippen LogP contribution is -2.27. The fourth-order valence-electron chi connectivity index (χ4n) is 2.14. The Balaban J connectivity index is 1.49.